The molecular weight excluding hydrogens is 1160 g/mol. The fourth-order valence-corrected chi connectivity index (χ4v) is 11.1. The second kappa shape index (κ2) is 21.2. The number of hydrogen-bond acceptors (Lipinski definition) is 4. The van der Waals surface area contributed by atoms with Gasteiger partial charge in [0.1, 0.15) is 11.2 Å². The van der Waals surface area contributed by atoms with Crippen molar-refractivity contribution in [3.63, 3.8) is 0 Å². The van der Waals surface area contributed by atoms with Crippen LogP contribution in [0.4, 0.5) is 0 Å². The number of hydrogen-bond donors (Lipinski definition) is 0. The third-order valence-corrected chi connectivity index (χ3v) is 15.1. The number of fused-ring (bicyclic) bond motifs is 3. The number of aryl methyl sites for hydroxylation is 2. The summed E-state index contributed by atoms with van der Waals surface area (Å²) >= 11 is 0. The Morgan fingerprint density at radius 1 is 0.325 bits per heavy atom. The van der Waals surface area contributed by atoms with Gasteiger partial charge in [-0.3, -0.25) is 9.97 Å². The minimum Gasteiger partial charge on any atom is -0.456 e. The van der Waals surface area contributed by atoms with Gasteiger partial charge in [0.25, 0.3) is 0 Å². The third-order valence-electron chi connectivity index (χ3n) is 15.1. The van der Waals surface area contributed by atoms with Crippen molar-refractivity contribution in [2.24, 2.45) is 14.1 Å². The minimum absolute atomic E-state index is 0. The van der Waals surface area contributed by atoms with E-state index in [4.69, 9.17) is 9.40 Å². The van der Waals surface area contributed by atoms with Gasteiger partial charge in [-0.25, -0.2) is 0 Å². The van der Waals surface area contributed by atoms with Crippen molar-refractivity contribution in [1.82, 2.24) is 24.1 Å². The molecule has 80 heavy (non-hydrogen) atoms. The molecule has 0 aliphatic heterocycles. The molecule has 0 fully saturated rings. The first-order chi connectivity index (χ1) is 39.0. The Morgan fingerprint density at radius 3 is 1.38 bits per heavy atom. The largest absolute Gasteiger partial charge is 3.00 e. The van der Waals surface area contributed by atoms with Crippen molar-refractivity contribution in [3.8, 4) is 123 Å². The summed E-state index contributed by atoms with van der Waals surface area (Å²) in [4.78, 5) is 14.1. The van der Waals surface area contributed by atoms with Crippen molar-refractivity contribution in [1.29, 1.82) is 0 Å². The molecule has 0 N–H and O–H groups in total. The van der Waals surface area contributed by atoms with Crippen LogP contribution in [0.15, 0.2) is 260 Å². The Morgan fingerprint density at radius 2 is 0.812 bits per heavy atom. The van der Waals surface area contributed by atoms with Crippen LogP contribution < -0.4 is 0 Å². The van der Waals surface area contributed by atoms with Gasteiger partial charge in [-0.1, -0.05) is 172 Å². The van der Waals surface area contributed by atoms with Crippen LogP contribution in [0.5, 0.6) is 0 Å². The van der Waals surface area contributed by atoms with Gasteiger partial charge in [-0.15, -0.1) is 83.4 Å². The normalized spacial score (nSPS) is 11.3. The quantitative estimate of drug-likeness (QED) is 0.121. The van der Waals surface area contributed by atoms with E-state index >= 15 is 0 Å². The zero-order valence-corrected chi connectivity index (χ0v) is 46.1. The average molecular weight is 1200 g/mol. The van der Waals surface area contributed by atoms with E-state index in [-0.39, 0.29) is 20.1 Å². The Balaban J connectivity index is 0.00000605. The summed E-state index contributed by atoms with van der Waals surface area (Å²) in [7, 11) is 4.02. The maximum absolute atomic E-state index is 6.30. The second-order valence-electron chi connectivity index (χ2n) is 19.9. The second-order valence-corrected chi connectivity index (χ2v) is 19.9. The molecule has 7 heteroatoms. The molecule has 0 spiro atoms. The van der Waals surface area contributed by atoms with E-state index in [0.29, 0.717) is 0 Å². The SMILES string of the molecule is Cn1ccnc1-c1[c-]cc(-c2ccccc2-c2cc(-c3ccccc3-c3c[c-]c(-c4nccn4C)cc3)cc(-c3ccccc3-c3c[c-]c(-c4cc(-c5ccc6c(c5)oc5ccccc56)ccn4)cc3-c3ccccc3)c2)cc1.[Ir+3]. The summed E-state index contributed by atoms with van der Waals surface area (Å²) in [6, 6.07) is 90.7. The molecular formula is C73H48IrN5O. The Hall–Kier alpha value is -9.78. The van der Waals surface area contributed by atoms with Crippen LogP contribution in [0.3, 0.4) is 0 Å². The monoisotopic (exact) mass is 1200 g/mol. The minimum atomic E-state index is 0. The van der Waals surface area contributed by atoms with E-state index in [2.05, 4.69) is 240 Å². The van der Waals surface area contributed by atoms with Crippen LogP contribution in [-0.2, 0) is 34.2 Å². The fourth-order valence-electron chi connectivity index (χ4n) is 11.1. The van der Waals surface area contributed by atoms with Gasteiger partial charge < -0.3 is 18.5 Å². The van der Waals surface area contributed by atoms with E-state index in [1.54, 1.807) is 0 Å². The molecule has 14 rings (SSSR count). The first kappa shape index (κ1) is 49.8. The standard InChI is InChI=1S/C73H48N5O.Ir/c1-77-40-38-75-72(77)51-28-24-49(25-29-51)59-16-6-8-18-61(59)56-42-57(62-19-9-7-17-60(62)50-26-30-52(31-27-50)73-76-39-41-78(73)2)44-58(43-56)63-20-10-11-21-64(63)65-34-33-55(45-68(65)48-14-4-3-5-15-48)69-46-54(36-37-74-69)53-32-35-67-66-22-12-13-23-70(66)79-71(67)47-53;/h3-28,30,32,34-47H,1-2H3;/q-3;+3. The summed E-state index contributed by atoms with van der Waals surface area (Å²) in [6.45, 7) is 0. The van der Waals surface area contributed by atoms with Gasteiger partial charge in [-0.2, -0.15) is 0 Å². The first-order valence-electron chi connectivity index (χ1n) is 26.4. The van der Waals surface area contributed by atoms with Crippen LogP contribution >= 0.6 is 0 Å². The maximum atomic E-state index is 6.30. The summed E-state index contributed by atoms with van der Waals surface area (Å²) in [5.41, 5.74) is 22.8. The van der Waals surface area contributed by atoms with Crippen LogP contribution in [0, 0.1) is 18.2 Å². The summed E-state index contributed by atoms with van der Waals surface area (Å²) in [5, 5.41) is 2.22. The van der Waals surface area contributed by atoms with Crippen LogP contribution in [0.1, 0.15) is 0 Å². The molecule has 0 bridgehead atoms. The summed E-state index contributed by atoms with van der Waals surface area (Å²) in [6.07, 6.45) is 9.45. The number of aromatic nitrogens is 5. The van der Waals surface area contributed by atoms with Crippen molar-refractivity contribution in [2.45, 2.75) is 0 Å². The van der Waals surface area contributed by atoms with Gasteiger partial charge in [0, 0.05) is 55.9 Å². The van der Waals surface area contributed by atoms with E-state index in [9.17, 15) is 0 Å². The van der Waals surface area contributed by atoms with Crippen molar-refractivity contribution >= 4 is 21.9 Å². The molecule has 10 aromatic carbocycles. The van der Waals surface area contributed by atoms with E-state index in [0.717, 1.165) is 145 Å². The smallest absolute Gasteiger partial charge is 0.456 e. The number of benzene rings is 10. The number of para-hydroxylation sites is 1. The molecule has 0 amide bonds. The molecule has 6 nitrogen and oxygen atoms in total. The molecule has 0 radical (unpaired) electrons. The predicted molar refractivity (Wildman–Crippen MR) is 321 cm³/mol. The molecule has 4 aromatic heterocycles. The molecule has 0 saturated carbocycles. The van der Waals surface area contributed by atoms with Gasteiger partial charge in [-0.05, 0) is 98.2 Å². The molecule has 0 atom stereocenters. The van der Waals surface area contributed by atoms with Crippen LogP contribution in [0.25, 0.3) is 145 Å². The molecule has 0 aliphatic rings. The maximum Gasteiger partial charge on any atom is 3.00 e. The number of pyridine rings is 1. The molecule has 380 valence electrons. The fraction of sp³-hybridized carbons (Fsp3) is 0.0274. The number of imidazole rings is 2. The van der Waals surface area contributed by atoms with Crippen molar-refractivity contribution in [2.75, 3.05) is 0 Å². The molecule has 0 unspecified atom stereocenters. The molecule has 4 heterocycles. The first-order valence-corrected chi connectivity index (χ1v) is 26.4. The third kappa shape index (κ3) is 9.28. The Labute approximate surface area is 478 Å². The Bertz CT molecular complexity index is 4420. The van der Waals surface area contributed by atoms with Gasteiger partial charge in [0.2, 0.25) is 0 Å². The molecule has 0 saturated heterocycles. The topological polar surface area (TPSA) is 61.7 Å². The number of furan rings is 1. The van der Waals surface area contributed by atoms with E-state index in [1.165, 1.54) is 0 Å². The number of nitrogens with zero attached hydrogens (tertiary/aromatic N) is 5. The van der Waals surface area contributed by atoms with E-state index in [1.807, 2.05) is 66.3 Å². The van der Waals surface area contributed by atoms with Crippen LogP contribution in [-0.4, -0.2) is 24.1 Å². The van der Waals surface area contributed by atoms with E-state index < -0.39 is 0 Å². The van der Waals surface area contributed by atoms with Gasteiger partial charge in [0.15, 0.2) is 0 Å². The van der Waals surface area contributed by atoms with Gasteiger partial charge >= 0.3 is 20.1 Å². The number of rotatable bonds is 11. The van der Waals surface area contributed by atoms with Crippen molar-refractivity contribution in [3.05, 3.63) is 274 Å². The zero-order chi connectivity index (χ0) is 52.8. The molecule has 14 aromatic rings. The summed E-state index contributed by atoms with van der Waals surface area (Å²) in [5.74, 6) is 1.75. The zero-order valence-electron chi connectivity index (χ0n) is 43.7. The van der Waals surface area contributed by atoms with Crippen LogP contribution in [0.2, 0.25) is 0 Å². The van der Waals surface area contributed by atoms with Gasteiger partial charge in [0.05, 0.1) is 11.6 Å². The predicted octanol–water partition coefficient (Wildman–Crippen LogP) is 18.2. The molecule has 0 aliphatic carbocycles. The average Bonchev–Trinajstić information content (AvgIpc) is 4.40. The summed E-state index contributed by atoms with van der Waals surface area (Å²) < 4.78 is 10.3. The van der Waals surface area contributed by atoms with Crippen molar-refractivity contribution < 1.29 is 24.5 Å². The Kier molecular flexibility index (Phi) is 13.2.